The van der Waals surface area contributed by atoms with Crippen LogP contribution in [-0.2, 0) is 17.9 Å². The van der Waals surface area contributed by atoms with E-state index in [1.807, 2.05) is 6.92 Å². The summed E-state index contributed by atoms with van der Waals surface area (Å²) in [6, 6.07) is 8.40. The number of halogens is 1. The van der Waals surface area contributed by atoms with Gasteiger partial charge >= 0.3 is 0 Å². The van der Waals surface area contributed by atoms with Crippen molar-refractivity contribution in [3.05, 3.63) is 35.4 Å². The Morgan fingerprint density at radius 3 is 2.35 bits per heavy atom. The molecule has 0 saturated heterocycles. The predicted octanol–water partition coefficient (Wildman–Crippen LogP) is 3.69. The van der Waals surface area contributed by atoms with Gasteiger partial charge in [0.15, 0.2) is 5.96 Å². The van der Waals surface area contributed by atoms with Crippen molar-refractivity contribution in [1.82, 2.24) is 10.6 Å². The first-order valence-corrected chi connectivity index (χ1v) is 9.52. The Kier molecular flexibility index (Phi) is 15.8. The van der Waals surface area contributed by atoms with Gasteiger partial charge in [0.2, 0.25) is 0 Å². The quantitative estimate of drug-likeness (QED) is 0.244. The van der Waals surface area contributed by atoms with Gasteiger partial charge in [0.25, 0.3) is 0 Å². The van der Waals surface area contributed by atoms with Crippen LogP contribution in [0.3, 0.4) is 0 Å². The molecule has 0 aliphatic rings. The number of aliphatic hydroxyl groups is 1. The molecule has 150 valence electrons. The molecule has 0 amide bonds. The first-order valence-electron chi connectivity index (χ1n) is 9.52. The average Bonchev–Trinajstić information content (AvgIpc) is 2.63. The fourth-order valence-electron chi connectivity index (χ4n) is 2.65. The Balaban J connectivity index is 0.00000625. The molecule has 6 heteroatoms. The molecule has 0 heterocycles. The third kappa shape index (κ3) is 11.0. The summed E-state index contributed by atoms with van der Waals surface area (Å²) in [5.41, 5.74) is 2.36. The van der Waals surface area contributed by atoms with Crippen molar-refractivity contribution in [3.63, 3.8) is 0 Å². The van der Waals surface area contributed by atoms with Crippen LogP contribution in [0.15, 0.2) is 29.3 Å². The normalized spacial score (nSPS) is 12.4. The third-order valence-electron chi connectivity index (χ3n) is 4.05. The minimum Gasteiger partial charge on any atom is -0.396 e. The van der Waals surface area contributed by atoms with E-state index in [-0.39, 0.29) is 30.6 Å². The molecule has 0 saturated carbocycles. The number of rotatable bonds is 12. The van der Waals surface area contributed by atoms with Gasteiger partial charge in [-0.05, 0) is 43.7 Å². The summed E-state index contributed by atoms with van der Waals surface area (Å²) in [4.78, 5) is 4.67. The van der Waals surface area contributed by atoms with E-state index in [1.54, 1.807) is 0 Å². The molecule has 0 aromatic heterocycles. The maximum atomic E-state index is 9.18. The third-order valence-corrected chi connectivity index (χ3v) is 4.05. The smallest absolute Gasteiger partial charge is 0.191 e. The van der Waals surface area contributed by atoms with Crippen LogP contribution in [0.2, 0.25) is 0 Å². The number of benzene rings is 1. The summed E-state index contributed by atoms with van der Waals surface area (Å²) in [7, 11) is 0. The van der Waals surface area contributed by atoms with Crippen LogP contribution in [0.4, 0.5) is 0 Å². The zero-order chi connectivity index (χ0) is 18.3. The molecule has 0 radical (unpaired) electrons. The Bertz CT molecular complexity index is 474. The molecular formula is C20H36IN3O2. The number of hydrogen-bond acceptors (Lipinski definition) is 3. The Hall–Kier alpha value is -0.860. The van der Waals surface area contributed by atoms with Gasteiger partial charge in [0.05, 0.1) is 13.2 Å². The van der Waals surface area contributed by atoms with Crippen LogP contribution in [0, 0.1) is 5.92 Å². The number of guanidine groups is 1. The Morgan fingerprint density at radius 1 is 1.08 bits per heavy atom. The zero-order valence-electron chi connectivity index (χ0n) is 16.5. The molecule has 0 aliphatic carbocycles. The fraction of sp³-hybridized carbons (Fsp3) is 0.650. The molecular weight excluding hydrogens is 441 g/mol. The average molecular weight is 477 g/mol. The van der Waals surface area contributed by atoms with E-state index in [2.05, 4.69) is 53.7 Å². The van der Waals surface area contributed by atoms with Crippen molar-refractivity contribution in [3.8, 4) is 0 Å². The molecule has 26 heavy (non-hydrogen) atoms. The molecule has 1 aromatic carbocycles. The molecule has 0 bridgehead atoms. The van der Waals surface area contributed by atoms with Gasteiger partial charge in [-0.2, -0.15) is 0 Å². The van der Waals surface area contributed by atoms with Gasteiger partial charge in [-0.3, -0.25) is 0 Å². The zero-order valence-corrected chi connectivity index (χ0v) is 18.8. The summed E-state index contributed by atoms with van der Waals surface area (Å²) in [6.45, 7) is 10.2. The fourth-order valence-corrected chi connectivity index (χ4v) is 2.65. The van der Waals surface area contributed by atoms with Crippen LogP contribution >= 0.6 is 24.0 Å². The summed E-state index contributed by atoms with van der Waals surface area (Å²) >= 11 is 0. The molecule has 0 aliphatic heterocycles. The van der Waals surface area contributed by atoms with Gasteiger partial charge in [0.1, 0.15) is 0 Å². The lowest BCUT2D eigenvalue weighted by Gasteiger charge is -2.18. The number of hydrogen-bond donors (Lipinski definition) is 3. The standard InChI is InChI=1S/C20H35N3O2.HI/c1-4-7-17(12-13-24)14-22-20(21-5-2)23-15-18-8-10-19(11-9-18)16-25-6-3;/h8-11,17,24H,4-7,12-16H2,1-3H3,(H2,21,22,23);1H. The van der Waals surface area contributed by atoms with Crippen molar-refractivity contribution >= 4 is 29.9 Å². The van der Waals surface area contributed by atoms with Crippen LogP contribution < -0.4 is 10.6 Å². The second kappa shape index (κ2) is 16.3. The first kappa shape index (κ1) is 25.1. The lowest BCUT2D eigenvalue weighted by atomic mass is 10.0. The summed E-state index contributed by atoms with van der Waals surface area (Å²) in [6.07, 6.45) is 3.09. The summed E-state index contributed by atoms with van der Waals surface area (Å²) in [5.74, 6) is 1.32. The van der Waals surface area contributed by atoms with Crippen LogP contribution in [-0.4, -0.2) is 37.4 Å². The van der Waals surface area contributed by atoms with Crippen molar-refractivity contribution in [2.75, 3.05) is 26.3 Å². The van der Waals surface area contributed by atoms with E-state index < -0.39 is 0 Å². The molecule has 5 nitrogen and oxygen atoms in total. The van der Waals surface area contributed by atoms with Gasteiger partial charge in [0, 0.05) is 26.3 Å². The van der Waals surface area contributed by atoms with Gasteiger partial charge < -0.3 is 20.5 Å². The number of nitrogens with zero attached hydrogens (tertiary/aromatic N) is 1. The largest absolute Gasteiger partial charge is 0.396 e. The maximum absolute atomic E-state index is 9.18. The predicted molar refractivity (Wildman–Crippen MR) is 120 cm³/mol. The lowest BCUT2D eigenvalue weighted by molar-refractivity contribution is 0.134. The first-order chi connectivity index (χ1) is 12.2. The number of ether oxygens (including phenoxy) is 1. The van der Waals surface area contributed by atoms with Crippen LogP contribution in [0.5, 0.6) is 0 Å². The summed E-state index contributed by atoms with van der Waals surface area (Å²) < 4.78 is 5.42. The second-order valence-electron chi connectivity index (χ2n) is 6.20. The Morgan fingerprint density at radius 2 is 1.77 bits per heavy atom. The highest BCUT2D eigenvalue weighted by molar-refractivity contribution is 14.0. The monoisotopic (exact) mass is 477 g/mol. The lowest BCUT2D eigenvalue weighted by Crippen LogP contribution is -2.40. The highest BCUT2D eigenvalue weighted by Crippen LogP contribution is 2.10. The molecule has 1 rings (SSSR count). The number of nitrogens with one attached hydrogen (secondary N) is 2. The number of aliphatic hydroxyl groups excluding tert-OH is 1. The molecule has 0 fully saturated rings. The van der Waals surface area contributed by atoms with Crippen molar-refractivity contribution in [1.29, 1.82) is 0 Å². The SMILES string of the molecule is CCCC(CCO)CNC(=NCc1ccc(COCC)cc1)NCC.I. The van der Waals surface area contributed by atoms with E-state index in [4.69, 9.17) is 4.74 Å². The minimum atomic E-state index is 0. The molecule has 1 atom stereocenters. The van der Waals surface area contributed by atoms with E-state index in [1.165, 1.54) is 11.1 Å². The Labute approximate surface area is 176 Å². The topological polar surface area (TPSA) is 65.9 Å². The van der Waals surface area contributed by atoms with E-state index in [0.29, 0.717) is 19.1 Å². The summed E-state index contributed by atoms with van der Waals surface area (Å²) in [5, 5.41) is 15.9. The molecule has 1 unspecified atom stereocenters. The van der Waals surface area contributed by atoms with E-state index >= 15 is 0 Å². The van der Waals surface area contributed by atoms with Gasteiger partial charge in [-0.25, -0.2) is 4.99 Å². The van der Waals surface area contributed by atoms with Crippen molar-refractivity contribution in [2.24, 2.45) is 10.9 Å². The second-order valence-corrected chi connectivity index (χ2v) is 6.20. The van der Waals surface area contributed by atoms with Crippen LogP contribution in [0.25, 0.3) is 0 Å². The van der Waals surface area contributed by atoms with Gasteiger partial charge in [-0.1, -0.05) is 37.6 Å². The van der Waals surface area contributed by atoms with E-state index in [9.17, 15) is 5.11 Å². The highest BCUT2D eigenvalue weighted by Gasteiger charge is 2.08. The number of aliphatic imine (C=N–C) groups is 1. The highest BCUT2D eigenvalue weighted by atomic mass is 127. The van der Waals surface area contributed by atoms with Crippen molar-refractivity contribution < 1.29 is 9.84 Å². The van der Waals surface area contributed by atoms with E-state index in [0.717, 1.165) is 44.9 Å². The van der Waals surface area contributed by atoms with Crippen LogP contribution in [0.1, 0.15) is 51.2 Å². The molecule has 0 spiro atoms. The maximum Gasteiger partial charge on any atom is 0.191 e. The minimum absolute atomic E-state index is 0. The molecule has 3 N–H and O–H groups in total. The molecule has 1 aromatic rings. The van der Waals surface area contributed by atoms with Crippen molar-refractivity contribution in [2.45, 2.75) is 53.2 Å². The van der Waals surface area contributed by atoms with Gasteiger partial charge in [-0.15, -0.1) is 24.0 Å².